The predicted octanol–water partition coefficient (Wildman–Crippen LogP) is 6.70. The third kappa shape index (κ3) is 5.59. The number of hydrogen-bond donors (Lipinski definition) is 2. The molecular formula is C25H19ClF6N2O2. The van der Waals surface area contributed by atoms with Crippen LogP contribution in [0.2, 0.25) is 5.02 Å². The van der Waals surface area contributed by atoms with Gasteiger partial charge in [0, 0.05) is 28.6 Å². The highest BCUT2D eigenvalue weighted by molar-refractivity contribution is 6.30. The molecule has 0 spiro atoms. The predicted molar refractivity (Wildman–Crippen MR) is 123 cm³/mol. The van der Waals surface area contributed by atoms with Gasteiger partial charge in [0.25, 0.3) is 5.56 Å². The molecule has 11 heteroatoms. The lowest BCUT2D eigenvalue weighted by Crippen LogP contribution is -2.30. The Bertz CT molecular complexity index is 1440. The quantitative estimate of drug-likeness (QED) is 0.370. The first-order chi connectivity index (χ1) is 16.8. The van der Waals surface area contributed by atoms with Crippen LogP contribution < -0.4 is 11.2 Å². The largest absolute Gasteiger partial charge is 0.417 e. The molecule has 0 fully saturated rings. The summed E-state index contributed by atoms with van der Waals surface area (Å²) in [6.07, 6.45) is -6.92. The van der Waals surface area contributed by atoms with E-state index in [1.165, 1.54) is 24.3 Å². The summed E-state index contributed by atoms with van der Waals surface area (Å²) in [7, 11) is 0. The molecular weight excluding hydrogens is 510 g/mol. The fraction of sp³-hybridized carbons (Fsp3) is 0.280. The van der Waals surface area contributed by atoms with Gasteiger partial charge in [0.05, 0.1) is 11.1 Å². The van der Waals surface area contributed by atoms with Crippen molar-refractivity contribution < 1.29 is 26.3 Å². The van der Waals surface area contributed by atoms with Crippen LogP contribution in [-0.4, -0.2) is 9.97 Å². The van der Waals surface area contributed by atoms with Crippen molar-refractivity contribution in [1.82, 2.24) is 9.97 Å². The summed E-state index contributed by atoms with van der Waals surface area (Å²) in [5, 5.41) is -0.0410. The van der Waals surface area contributed by atoms with Crippen LogP contribution in [0.5, 0.6) is 0 Å². The van der Waals surface area contributed by atoms with E-state index in [4.69, 9.17) is 11.6 Å². The maximum Gasteiger partial charge on any atom is 0.417 e. The number of allylic oxidation sites excluding steroid dienone is 2. The number of H-pyrrole nitrogens is 2. The summed E-state index contributed by atoms with van der Waals surface area (Å²) in [5.74, 6) is -0.411. The first-order valence-electron chi connectivity index (χ1n) is 10.9. The molecule has 0 saturated heterocycles. The maximum atomic E-state index is 13.5. The fourth-order valence-corrected chi connectivity index (χ4v) is 4.66. The number of aromatic nitrogens is 2. The number of alkyl halides is 6. The fourth-order valence-electron chi connectivity index (χ4n) is 4.49. The normalized spacial score (nSPS) is 16.6. The van der Waals surface area contributed by atoms with E-state index in [2.05, 4.69) is 9.97 Å². The average molecular weight is 529 g/mol. The Labute approximate surface area is 205 Å². The van der Waals surface area contributed by atoms with Crippen LogP contribution in [0.4, 0.5) is 26.3 Å². The van der Waals surface area contributed by atoms with Crippen LogP contribution in [-0.2, 0) is 18.8 Å². The summed E-state index contributed by atoms with van der Waals surface area (Å²) in [4.78, 5) is 29.3. The second-order valence-corrected chi connectivity index (χ2v) is 9.00. The van der Waals surface area contributed by atoms with Crippen LogP contribution in [0.1, 0.15) is 58.7 Å². The average Bonchev–Trinajstić information content (AvgIpc) is 2.80. The van der Waals surface area contributed by atoms with Crippen LogP contribution in [0.15, 0.2) is 58.1 Å². The third-order valence-corrected chi connectivity index (χ3v) is 6.40. The van der Waals surface area contributed by atoms with Crippen molar-refractivity contribution in [1.29, 1.82) is 0 Å². The molecule has 1 atom stereocenters. The lowest BCUT2D eigenvalue weighted by Gasteiger charge is -2.25. The Morgan fingerprint density at radius 3 is 2.33 bits per heavy atom. The van der Waals surface area contributed by atoms with E-state index in [1.807, 2.05) is 0 Å². The first-order valence-corrected chi connectivity index (χ1v) is 11.3. The Kier molecular flexibility index (Phi) is 6.92. The molecule has 1 aromatic heterocycles. The van der Waals surface area contributed by atoms with Crippen LogP contribution >= 0.6 is 11.6 Å². The van der Waals surface area contributed by atoms with Gasteiger partial charge in [0.1, 0.15) is 0 Å². The molecule has 0 radical (unpaired) electrons. The second kappa shape index (κ2) is 9.65. The molecule has 0 bridgehead atoms. The van der Waals surface area contributed by atoms with E-state index in [1.54, 1.807) is 6.08 Å². The van der Waals surface area contributed by atoms with E-state index < -0.39 is 40.6 Å². The zero-order chi connectivity index (χ0) is 26.3. The minimum Gasteiger partial charge on any atom is -0.311 e. The van der Waals surface area contributed by atoms with Crippen molar-refractivity contribution in [3.63, 3.8) is 0 Å². The molecule has 2 aromatic carbocycles. The molecule has 1 unspecified atom stereocenters. The minimum atomic E-state index is -4.60. The van der Waals surface area contributed by atoms with Crippen LogP contribution in [0, 0.1) is 0 Å². The first kappa shape index (κ1) is 25.8. The molecule has 0 amide bonds. The van der Waals surface area contributed by atoms with Gasteiger partial charge in [0.2, 0.25) is 0 Å². The van der Waals surface area contributed by atoms with Crippen LogP contribution in [0.25, 0.3) is 5.57 Å². The van der Waals surface area contributed by atoms with E-state index in [0.29, 0.717) is 12.0 Å². The minimum absolute atomic E-state index is 0.00828. The highest BCUT2D eigenvalue weighted by Crippen LogP contribution is 2.42. The number of halogens is 7. The molecule has 0 aliphatic heterocycles. The number of hydrogen-bond acceptors (Lipinski definition) is 2. The van der Waals surface area contributed by atoms with Gasteiger partial charge >= 0.3 is 18.0 Å². The van der Waals surface area contributed by atoms with Gasteiger partial charge in [-0.15, -0.1) is 0 Å². The van der Waals surface area contributed by atoms with E-state index >= 15 is 0 Å². The lowest BCUT2D eigenvalue weighted by molar-refractivity contribution is -0.138. The van der Waals surface area contributed by atoms with Crippen molar-refractivity contribution in [3.8, 4) is 0 Å². The molecule has 36 heavy (non-hydrogen) atoms. The Balaban J connectivity index is 1.67. The summed E-state index contributed by atoms with van der Waals surface area (Å²) in [5.41, 5.74) is -2.14. The SMILES string of the molecule is O=c1[nH]c(C2CC=C(c3ccc(Cl)cc3C(F)(F)F)CC2)c(Cc2cccc(C(F)(F)F)c2)c(=O)[nH]1. The number of rotatable bonds is 4. The summed E-state index contributed by atoms with van der Waals surface area (Å²) in [6, 6.07) is 8.09. The van der Waals surface area contributed by atoms with E-state index in [9.17, 15) is 35.9 Å². The van der Waals surface area contributed by atoms with Gasteiger partial charge in [0.15, 0.2) is 0 Å². The summed E-state index contributed by atoms with van der Waals surface area (Å²) >= 11 is 5.77. The molecule has 4 nitrogen and oxygen atoms in total. The zero-order valence-corrected chi connectivity index (χ0v) is 19.2. The smallest absolute Gasteiger partial charge is 0.311 e. The molecule has 1 aliphatic rings. The Morgan fingerprint density at radius 1 is 0.944 bits per heavy atom. The lowest BCUT2D eigenvalue weighted by atomic mass is 9.82. The van der Waals surface area contributed by atoms with Gasteiger partial charge in [-0.2, -0.15) is 26.3 Å². The maximum absolute atomic E-state index is 13.5. The van der Waals surface area contributed by atoms with Crippen molar-refractivity contribution in [3.05, 3.63) is 108 Å². The number of nitrogens with one attached hydrogen (secondary N) is 2. The third-order valence-electron chi connectivity index (χ3n) is 6.16. The highest BCUT2D eigenvalue weighted by atomic mass is 35.5. The zero-order valence-electron chi connectivity index (χ0n) is 18.5. The monoisotopic (exact) mass is 528 g/mol. The second-order valence-electron chi connectivity index (χ2n) is 8.56. The molecule has 0 saturated carbocycles. The Hall–Kier alpha value is -3.27. The molecule has 190 valence electrons. The number of benzene rings is 2. The summed E-state index contributed by atoms with van der Waals surface area (Å²) < 4.78 is 80.0. The van der Waals surface area contributed by atoms with Gasteiger partial charge in [-0.05, 0) is 54.2 Å². The van der Waals surface area contributed by atoms with Crippen LogP contribution in [0.3, 0.4) is 0 Å². The van der Waals surface area contributed by atoms with Gasteiger partial charge in [-0.25, -0.2) is 4.79 Å². The summed E-state index contributed by atoms with van der Waals surface area (Å²) in [6.45, 7) is 0. The standard InChI is InChI=1S/C25H19ClF6N2O2/c26-17-8-9-18(20(12-17)25(30,31)32)14-4-6-15(7-5-14)21-19(22(35)34-23(36)33-21)11-13-2-1-3-16(10-13)24(27,28)29/h1-4,8-10,12,15H,5-7,11H2,(H2,33,34,35,36). The molecule has 1 heterocycles. The molecule has 4 rings (SSSR count). The van der Waals surface area contributed by atoms with Gasteiger partial charge in [-0.1, -0.05) is 41.9 Å². The highest BCUT2D eigenvalue weighted by Gasteiger charge is 2.35. The van der Waals surface area contributed by atoms with E-state index in [-0.39, 0.29) is 46.7 Å². The topological polar surface area (TPSA) is 65.7 Å². The molecule has 1 aliphatic carbocycles. The van der Waals surface area contributed by atoms with Crippen molar-refractivity contribution >= 4 is 17.2 Å². The Morgan fingerprint density at radius 2 is 1.69 bits per heavy atom. The molecule has 3 aromatic rings. The number of aromatic amines is 2. The van der Waals surface area contributed by atoms with Crippen molar-refractivity contribution in [2.75, 3.05) is 0 Å². The van der Waals surface area contributed by atoms with Gasteiger partial charge < -0.3 is 4.98 Å². The van der Waals surface area contributed by atoms with Crippen molar-refractivity contribution in [2.24, 2.45) is 0 Å². The molecule has 2 N–H and O–H groups in total. The van der Waals surface area contributed by atoms with Crippen molar-refractivity contribution in [2.45, 2.75) is 44.0 Å². The van der Waals surface area contributed by atoms with Gasteiger partial charge in [-0.3, -0.25) is 9.78 Å². The van der Waals surface area contributed by atoms with E-state index in [0.717, 1.165) is 18.2 Å².